The smallest absolute Gasteiger partial charge is 0.0790 e. The van der Waals surface area contributed by atoms with Gasteiger partial charge in [-0.2, -0.15) is 0 Å². The molecule has 0 saturated carbocycles. The summed E-state index contributed by atoms with van der Waals surface area (Å²) in [5, 5.41) is 0.752. The molecule has 0 bridgehead atoms. The molecule has 5 heteroatoms. The van der Waals surface area contributed by atoms with Crippen LogP contribution in [0.4, 0.5) is 11.4 Å². The number of halogens is 1. The van der Waals surface area contributed by atoms with Gasteiger partial charge in [0, 0.05) is 39.3 Å². The molecule has 0 aromatic heterocycles. The molecule has 1 aromatic carbocycles. The highest BCUT2D eigenvalue weighted by atomic mass is 35.5. The second kappa shape index (κ2) is 6.46. The van der Waals surface area contributed by atoms with Crippen molar-refractivity contribution in [3.63, 3.8) is 0 Å². The molecule has 4 nitrogen and oxygen atoms in total. The van der Waals surface area contributed by atoms with Gasteiger partial charge in [-0.05, 0) is 26.2 Å². The van der Waals surface area contributed by atoms with E-state index in [0.717, 1.165) is 55.7 Å². The van der Waals surface area contributed by atoms with Crippen LogP contribution in [0.1, 0.15) is 0 Å². The second-order valence-corrected chi connectivity index (χ2v) is 5.72. The van der Waals surface area contributed by atoms with Gasteiger partial charge in [0.05, 0.1) is 16.4 Å². The lowest BCUT2D eigenvalue weighted by atomic mass is 10.2. The highest BCUT2D eigenvalue weighted by molar-refractivity contribution is 6.34. The molecule has 0 unspecified atom stereocenters. The third-order valence-corrected chi connectivity index (χ3v) is 3.87. The van der Waals surface area contributed by atoms with Gasteiger partial charge in [-0.3, -0.25) is 4.90 Å². The standard InChI is InChI=1S/C14H23ClN4/c1-17(2)6-7-18-8-10-19(11-9-18)14-12(15)4-3-5-13(14)16/h3-5H,6-11,16H2,1-2H3. The van der Waals surface area contributed by atoms with Crippen LogP contribution in [0.15, 0.2) is 18.2 Å². The molecule has 1 aliphatic heterocycles. The molecule has 19 heavy (non-hydrogen) atoms. The van der Waals surface area contributed by atoms with Crippen LogP contribution in [0.2, 0.25) is 5.02 Å². The number of nitrogens with zero attached hydrogens (tertiary/aromatic N) is 3. The summed E-state index contributed by atoms with van der Waals surface area (Å²) in [6.07, 6.45) is 0. The maximum atomic E-state index is 6.26. The van der Waals surface area contributed by atoms with Gasteiger partial charge >= 0.3 is 0 Å². The molecule has 1 heterocycles. The van der Waals surface area contributed by atoms with Crippen LogP contribution >= 0.6 is 11.6 Å². The van der Waals surface area contributed by atoms with E-state index >= 15 is 0 Å². The number of nitrogens with two attached hydrogens (primary N) is 1. The molecule has 0 radical (unpaired) electrons. The van der Waals surface area contributed by atoms with E-state index in [1.54, 1.807) is 0 Å². The van der Waals surface area contributed by atoms with Crippen molar-refractivity contribution in [3.8, 4) is 0 Å². The first kappa shape index (κ1) is 14.4. The van der Waals surface area contributed by atoms with E-state index in [1.807, 2.05) is 18.2 Å². The van der Waals surface area contributed by atoms with Crippen molar-refractivity contribution in [2.75, 3.05) is 64.0 Å². The summed E-state index contributed by atoms with van der Waals surface area (Å²) in [7, 11) is 4.22. The number of nitrogen functional groups attached to an aromatic ring is 1. The Hall–Kier alpha value is -0.970. The summed E-state index contributed by atoms with van der Waals surface area (Å²) in [5.74, 6) is 0. The van der Waals surface area contributed by atoms with Crippen LogP contribution in [0.25, 0.3) is 0 Å². The zero-order valence-corrected chi connectivity index (χ0v) is 12.5. The summed E-state index contributed by atoms with van der Waals surface area (Å²) in [6.45, 7) is 6.34. The first-order valence-corrected chi connectivity index (χ1v) is 7.12. The molecule has 1 aliphatic rings. The maximum Gasteiger partial charge on any atom is 0.0790 e. The van der Waals surface area contributed by atoms with Crippen molar-refractivity contribution >= 4 is 23.0 Å². The fourth-order valence-corrected chi connectivity index (χ4v) is 2.70. The van der Waals surface area contributed by atoms with Crippen molar-refractivity contribution in [3.05, 3.63) is 23.2 Å². The van der Waals surface area contributed by atoms with Crippen LogP contribution in [0, 0.1) is 0 Å². The van der Waals surface area contributed by atoms with Gasteiger partial charge in [0.15, 0.2) is 0 Å². The number of anilines is 2. The minimum atomic E-state index is 0.752. The van der Waals surface area contributed by atoms with Crippen molar-refractivity contribution < 1.29 is 0 Å². The summed E-state index contributed by atoms with van der Waals surface area (Å²) in [5.41, 5.74) is 7.81. The number of likely N-dealkylation sites (N-methyl/N-ethyl adjacent to an activating group) is 1. The van der Waals surface area contributed by atoms with Gasteiger partial charge in [0.25, 0.3) is 0 Å². The first-order chi connectivity index (χ1) is 9.08. The third-order valence-electron chi connectivity index (χ3n) is 3.57. The molecule has 0 spiro atoms. The lowest BCUT2D eigenvalue weighted by molar-refractivity contribution is 0.229. The Balaban J connectivity index is 1.93. The van der Waals surface area contributed by atoms with E-state index < -0.39 is 0 Å². The van der Waals surface area contributed by atoms with Crippen LogP contribution in [-0.4, -0.2) is 63.2 Å². The van der Waals surface area contributed by atoms with Gasteiger partial charge < -0.3 is 15.5 Å². The largest absolute Gasteiger partial charge is 0.397 e. The molecule has 1 aromatic rings. The predicted molar refractivity (Wildman–Crippen MR) is 83.1 cm³/mol. The number of benzene rings is 1. The van der Waals surface area contributed by atoms with Gasteiger partial charge in [0.2, 0.25) is 0 Å². The first-order valence-electron chi connectivity index (χ1n) is 6.74. The van der Waals surface area contributed by atoms with Crippen molar-refractivity contribution in [1.29, 1.82) is 0 Å². The maximum absolute atomic E-state index is 6.26. The fraction of sp³-hybridized carbons (Fsp3) is 0.571. The average molecular weight is 283 g/mol. The minimum absolute atomic E-state index is 0.752. The van der Waals surface area contributed by atoms with Crippen LogP contribution in [0.5, 0.6) is 0 Å². The Morgan fingerprint density at radius 3 is 2.47 bits per heavy atom. The quantitative estimate of drug-likeness (QED) is 0.851. The summed E-state index contributed by atoms with van der Waals surface area (Å²) >= 11 is 6.26. The number of rotatable bonds is 4. The Kier molecular flexibility index (Phi) is 4.91. The highest BCUT2D eigenvalue weighted by Gasteiger charge is 2.20. The van der Waals surface area contributed by atoms with E-state index in [0.29, 0.717) is 0 Å². The van der Waals surface area contributed by atoms with E-state index in [1.165, 1.54) is 0 Å². The van der Waals surface area contributed by atoms with Crippen LogP contribution in [0.3, 0.4) is 0 Å². The monoisotopic (exact) mass is 282 g/mol. The van der Waals surface area contributed by atoms with E-state index in [9.17, 15) is 0 Å². The topological polar surface area (TPSA) is 35.7 Å². The molecule has 106 valence electrons. The number of para-hydroxylation sites is 1. The zero-order valence-electron chi connectivity index (χ0n) is 11.8. The average Bonchev–Trinajstić information content (AvgIpc) is 2.37. The van der Waals surface area contributed by atoms with Gasteiger partial charge in [-0.25, -0.2) is 0 Å². The van der Waals surface area contributed by atoms with E-state index in [2.05, 4.69) is 28.8 Å². The molecule has 2 N–H and O–H groups in total. The van der Waals surface area contributed by atoms with Gasteiger partial charge in [-0.15, -0.1) is 0 Å². The lowest BCUT2D eigenvalue weighted by Gasteiger charge is -2.37. The van der Waals surface area contributed by atoms with Crippen molar-refractivity contribution in [2.24, 2.45) is 0 Å². The molecule has 0 aliphatic carbocycles. The normalized spacial score (nSPS) is 17.2. The molecule has 1 fully saturated rings. The Morgan fingerprint density at radius 1 is 1.21 bits per heavy atom. The molecule has 1 saturated heterocycles. The molecule has 0 amide bonds. The number of piperazine rings is 1. The summed E-state index contributed by atoms with van der Waals surface area (Å²) in [6, 6.07) is 5.72. The molecule has 2 rings (SSSR count). The van der Waals surface area contributed by atoms with Crippen LogP contribution in [-0.2, 0) is 0 Å². The number of hydrogen-bond acceptors (Lipinski definition) is 4. The Labute approximate surface area is 120 Å². The van der Waals surface area contributed by atoms with Gasteiger partial charge in [-0.1, -0.05) is 17.7 Å². The summed E-state index contributed by atoms with van der Waals surface area (Å²) < 4.78 is 0. The molecule has 0 atom stereocenters. The molecular weight excluding hydrogens is 260 g/mol. The SMILES string of the molecule is CN(C)CCN1CCN(c2c(N)cccc2Cl)CC1. The van der Waals surface area contributed by atoms with Crippen LogP contribution < -0.4 is 10.6 Å². The summed E-state index contributed by atoms with van der Waals surface area (Å²) in [4.78, 5) is 7.01. The predicted octanol–water partition coefficient (Wildman–Crippen LogP) is 1.61. The second-order valence-electron chi connectivity index (χ2n) is 5.31. The molecular formula is C14H23ClN4. The van der Waals surface area contributed by atoms with E-state index in [4.69, 9.17) is 17.3 Å². The Bertz CT molecular complexity index is 394. The zero-order chi connectivity index (χ0) is 13.8. The van der Waals surface area contributed by atoms with Crippen molar-refractivity contribution in [1.82, 2.24) is 9.80 Å². The minimum Gasteiger partial charge on any atom is -0.397 e. The number of hydrogen-bond donors (Lipinski definition) is 1. The fourth-order valence-electron chi connectivity index (χ4n) is 2.40. The third kappa shape index (κ3) is 3.75. The van der Waals surface area contributed by atoms with Gasteiger partial charge in [0.1, 0.15) is 0 Å². The Morgan fingerprint density at radius 2 is 1.89 bits per heavy atom. The van der Waals surface area contributed by atoms with E-state index in [-0.39, 0.29) is 0 Å². The highest BCUT2D eigenvalue weighted by Crippen LogP contribution is 2.32. The van der Waals surface area contributed by atoms with Crippen molar-refractivity contribution in [2.45, 2.75) is 0 Å². The lowest BCUT2D eigenvalue weighted by Crippen LogP contribution is -2.48.